The van der Waals surface area contributed by atoms with Crippen molar-refractivity contribution in [2.75, 3.05) is 20.5 Å². The first kappa shape index (κ1) is 25.0. The molecule has 1 rings (SSSR count). The minimum atomic E-state index is -0.399. The van der Waals surface area contributed by atoms with Gasteiger partial charge >= 0.3 is 5.97 Å². The number of unbranched alkanes of at least 4 members (excludes halogenated alkanes) is 6. The van der Waals surface area contributed by atoms with Crippen LogP contribution in [0.25, 0.3) is 0 Å². The Kier molecular flexibility index (Phi) is 12.0. The van der Waals surface area contributed by atoms with Gasteiger partial charge in [-0.15, -0.1) is 0 Å². The van der Waals surface area contributed by atoms with Gasteiger partial charge in [-0.25, -0.2) is 0 Å². The topological polar surface area (TPSA) is 71.1 Å². The molecule has 0 unspecified atom stereocenters. The van der Waals surface area contributed by atoms with Crippen LogP contribution >= 0.6 is 0 Å². The third-order valence-corrected chi connectivity index (χ3v) is 4.16. The first-order valence-corrected chi connectivity index (χ1v) is 10.4. The van der Waals surface area contributed by atoms with Crippen molar-refractivity contribution >= 4 is 12.3 Å². The molecule has 29 heavy (non-hydrogen) atoms. The van der Waals surface area contributed by atoms with E-state index < -0.39 is 5.60 Å². The van der Waals surface area contributed by atoms with Crippen molar-refractivity contribution in [1.29, 1.82) is 0 Å². The van der Waals surface area contributed by atoms with Crippen LogP contribution in [0.2, 0.25) is 0 Å². The Hall–Kier alpha value is -2.08. The van der Waals surface area contributed by atoms with Gasteiger partial charge in [0.25, 0.3) is 0 Å². The molecule has 0 aliphatic carbocycles. The second kappa shape index (κ2) is 14.0. The molecule has 0 saturated heterocycles. The number of aldehydes is 1. The van der Waals surface area contributed by atoms with Crippen LogP contribution < -0.4 is 9.47 Å². The molecule has 6 heteroatoms. The molecular formula is C23H36O6. The summed E-state index contributed by atoms with van der Waals surface area (Å²) in [6.45, 7) is 6.38. The van der Waals surface area contributed by atoms with Gasteiger partial charge in [0.05, 0.1) is 12.2 Å². The van der Waals surface area contributed by atoms with Crippen LogP contribution in [0.4, 0.5) is 0 Å². The monoisotopic (exact) mass is 408 g/mol. The second-order valence-corrected chi connectivity index (χ2v) is 8.03. The van der Waals surface area contributed by atoms with Gasteiger partial charge < -0.3 is 18.9 Å². The van der Waals surface area contributed by atoms with E-state index in [4.69, 9.17) is 18.9 Å². The highest BCUT2D eigenvalue weighted by Crippen LogP contribution is 2.24. The van der Waals surface area contributed by atoms with E-state index in [1.54, 1.807) is 25.3 Å². The predicted molar refractivity (Wildman–Crippen MR) is 113 cm³/mol. The Morgan fingerprint density at radius 3 is 2.24 bits per heavy atom. The molecule has 1 aromatic carbocycles. The van der Waals surface area contributed by atoms with Gasteiger partial charge in [0.2, 0.25) is 0 Å². The molecule has 164 valence electrons. The largest absolute Gasteiger partial charge is 0.493 e. The number of benzene rings is 1. The van der Waals surface area contributed by atoms with Crippen LogP contribution in [0, 0.1) is 0 Å². The normalized spacial score (nSPS) is 11.2. The zero-order chi connectivity index (χ0) is 21.5. The highest BCUT2D eigenvalue weighted by Gasteiger charge is 2.15. The number of rotatable bonds is 15. The quantitative estimate of drug-likeness (QED) is 0.169. The molecule has 1 aromatic rings. The molecule has 0 aliphatic heterocycles. The van der Waals surface area contributed by atoms with Gasteiger partial charge in [-0.05, 0) is 45.7 Å². The summed E-state index contributed by atoms with van der Waals surface area (Å²) < 4.78 is 21.3. The van der Waals surface area contributed by atoms with Crippen molar-refractivity contribution in [2.45, 2.75) is 77.7 Å². The molecule has 0 radical (unpaired) electrons. The van der Waals surface area contributed by atoms with Crippen molar-refractivity contribution < 1.29 is 28.5 Å². The van der Waals surface area contributed by atoms with Gasteiger partial charge in [0, 0.05) is 19.6 Å². The summed E-state index contributed by atoms with van der Waals surface area (Å²) in [5, 5.41) is 0. The lowest BCUT2D eigenvalue weighted by molar-refractivity contribution is -0.154. The summed E-state index contributed by atoms with van der Waals surface area (Å²) in [6.07, 6.45) is 8.62. The summed E-state index contributed by atoms with van der Waals surface area (Å²) in [5.74, 6) is 1.04. The zero-order valence-electron chi connectivity index (χ0n) is 18.3. The number of ether oxygens (including phenoxy) is 4. The maximum absolute atomic E-state index is 11.6. The fraction of sp³-hybridized carbons (Fsp3) is 0.652. The molecule has 6 nitrogen and oxygen atoms in total. The van der Waals surface area contributed by atoms with E-state index >= 15 is 0 Å². The van der Waals surface area contributed by atoms with Crippen LogP contribution in [0.5, 0.6) is 11.5 Å². The molecule has 0 fully saturated rings. The average Bonchev–Trinajstić information content (AvgIpc) is 2.66. The third-order valence-electron chi connectivity index (χ3n) is 4.16. The highest BCUT2D eigenvalue weighted by atomic mass is 16.7. The molecule has 0 saturated carbocycles. The second-order valence-electron chi connectivity index (χ2n) is 8.03. The number of hydrogen-bond donors (Lipinski definition) is 0. The fourth-order valence-electron chi connectivity index (χ4n) is 2.78. The van der Waals surface area contributed by atoms with Crippen molar-refractivity contribution in [3.63, 3.8) is 0 Å². The smallest absolute Gasteiger partial charge is 0.306 e. The lowest BCUT2D eigenvalue weighted by Gasteiger charge is -2.19. The summed E-state index contributed by atoms with van der Waals surface area (Å²) in [5.41, 5.74) is 0.115. The van der Waals surface area contributed by atoms with Gasteiger partial charge in [-0.3, -0.25) is 9.59 Å². The van der Waals surface area contributed by atoms with E-state index in [0.717, 1.165) is 51.2 Å². The van der Waals surface area contributed by atoms with Crippen LogP contribution in [-0.4, -0.2) is 38.4 Å². The van der Waals surface area contributed by atoms with Crippen molar-refractivity contribution in [3.8, 4) is 11.5 Å². The zero-order valence-corrected chi connectivity index (χ0v) is 18.3. The Bertz CT molecular complexity index is 606. The number of esters is 1. The van der Waals surface area contributed by atoms with Crippen molar-refractivity contribution in [1.82, 2.24) is 0 Å². The number of carbonyl (C=O) groups is 2. The lowest BCUT2D eigenvalue weighted by atomic mass is 10.1. The van der Waals surface area contributed by atoms with Crippen LogP contribution in [-0.2, 0) is 14.3 Å². The summed E-state index contributed by atoms with van der Waals surface area (Å²) in [7, 11) is 1.55. The summed E-state index contributed by atoms with van der Waals surface area (Å²) in [6, 6.07) is 5.12. The van der Waals surface area contributed by atoms with E-state index in [9.17, 15) is 9.59 Å². The Morgan fingerprint density at radius 2 is 1.62 bits per heavy atom. The van der Waals surface area contributed by atoms with Gasteiger partial charge in [-0.1, -0.05) is 32.1 Å². The molecule has 0 aromatic heterocycles. The molecule has 0 amide bonds. The van der Waals surface area contributed by atoms with Crippen LogP contribution in [0.1, 0.15) is 82.5 Å². The minimum absolute atomic E-state index is 0.110. The Labute approximate surface area is 174 Å². The molecule has 0 heterocycles. The van der Waals surface area contributed by atoms with Gasteiger partial charge in [-0.2, -0.15) is 0 Å². The molecular weight excluding hydrogens is 372 g/mol. The van der Waals surface area contributed by atoms with E-state index in [0.29, 0.717) is 30.1 Å². The average molecular weight is 409 g/mol. The number of carbonyl (C=O) groups excluding carboxylic acids is 2. The van der Waals surface area contributed by atoms with E-state index in [1.807, 2.05) is 20.8 Å². The highest BCUT2D eigenvalue weighted by molar-refractivity contribution is 5.79. The first-order chi connectivity index (χ1) is 13.9. The lowest BCUT2D eigenvalue weighted by Crippen LogP contribution is -2.23. The fourth-order valence-corrected chi connectivity index (χ4v) is 2.78. The summed E-state index contributed by atoms with van der Waals surface area (Å²) in [4.78, 5) is 22.8. The van der Waals surface area contributed by atoms with E-state index in [2.05, 4.69) is 0 Å². The van der Waals surface area contributed by atoms with Crippen LogP contribution in [0.3, 0.4) is 0 Å². The van der Waals surface area contributed by atoms with Gasteiger partial charge in [0.15, 0.2) is 13.1 Å². The molecule has 0 aliphatic rings. The van der Waals surface area contributed by atoms with Crippen molar-refractivity contribution in [3.05, 3.63) is 23.8 Å². The van der Waals surface area contributed by atoms with Gasteiger partial charge in [0.1, 0.15) is 17.1 Å². The molecule has 0 bridgehead atoms. The number of methoxy groups -OCH3 is 1. The third kappa shape index (κ3) is 12.2. The first-order valence-electron chi connectivity index (χ1n) is 10.4. The van der Waals surface area contributed by atoms with E-state index in [1.165, 1.54) is 0 Å². The molecule has 0 N–H and O–H groups in total. The summed E-state index contributed by atoms with van der Waals surface area (Å²) >= 11 is 0. The Morgan fingerprint density at radius 1 is 0.966 bits per heavy atom. The Balaban J connectivity index is 2.11. The maximum Gasteiger partial charge on any atom is 0.306 e. The van der Waals surface area contributed by atoms with Crippen molar-refractivity contribution in [2.24, 2.45) is 0 Å². The standard InChI is InChI=1S/C23H36O6/c1-23(2,3)29-22(25)12-10-8-6-5-7-9-11-15-27-21-16-20(28-18-26-4)14-13-19(21)17-24/h13-14,16-17H,5-12,15,18H2,1-4H3. The predicted octanol–water partition coefficient (Wildman–Crippen LogP) is 5.32. The molecule has 0 atom stereocenters. The molecule has 0 spiro atoms. The minimum Gasteiger partial charge on any atom is -0.493 e. The van der Waals surface area contributed by atoms with Crippen LogP contribution in [0.15, 0.2) is 18.2 Å². The maximum atomic E-state index is 11.6. The van der Waals surface area contributed by atoms with E-state index in [-0.39, 0.29) is 12.8 Å². The SMILES string of the molecule is COCOc1ccc(C=O)c(OCCCCCCCCCC(=O)OC(C)(C)C)c1. The number of hydrogen-bond acceptors (Lipinski definition) is 6.